The van der Waals surface area contributed by atoms with E-state index in [1.807, 2.05) is 36.4 Å². The summed E-state index contributed by atoms with van der Waals surface area (Å²) in [5, 5.41) is 6.60. The minimum absolute atomic E-state index is 0.243. The SMILES string of the molecule is O=C(NCCCc1cccc(F)c1)c1cc(-c2ccccc2)on1. The number of amides is 1. The van der Waals surface area contributed by atoms with Crippen LogP contribution < -0.4 is 5.32 Å². The van der Waals surface area contributed by atoms with Crippen molar-refractivity contribution in [1.82, 2.24) is 10.5 Å². The number of halogens is 1. The fourth-order valence-corrected chi connectivity index (χ4v) is 2.40. The molecule has 0 aliphatic heterocycles. The van der Waals surface area contributed by atoms with E-state index in [-0.39, 0.29) is 17.4 Å². The summed E-state index contributed by atoms with van der Waals surface area (Å²) in [6, 6.07) is 17.6. The number of carbonyl (C=O) groups excluding carboxylic acids is 1. The maximum Gasteiger partial charge on any atom is 0.273 e. The van der Waals surface area contributed by atoms with Gasteiger partial charge in [-0.3, -0.25) is 4.79 Å². The maximum atomic E-state index is 13.1. The van der Waals surface area contributed by atoms with E-state index in [4.69, 9.17) is 4.52 Å². The predicted molar refractivity (Wildman–Crippen MR) is 89.0 cm³/mol. The lowest BCUT2D eigenvalue weighted by molar-refractivity contribution is 0.0944. The van der Waals surface area contributed by atoms with E-state index in [1.54, 1.807) is 12.1 Å². The van der Waals surface area contributed by atoms with E-state index >= 15 is 0 Å². The first-order valence-electron chi connectivity index (χ1n) is 7.77. The van der Waals surface area contributed by atoms with Crippen molar-refractivity contribution in [2.24, 2.45) is 0 Å². The van der Waals surface area contributed by atoms with Crippen LogP contribution >= 0.6 is 0 Å². The van der Waals surface area contributed by atoms with Crippen LogP contribution in [-0.2, 0) is 6.42 Å². The number of hydrogen-bond donors (Lipinski definition) is 1. The molecule has 0 aliphatic rings. The van der Waals surface area contributed by atoms with E-state index < -0.39 is 0 Å². The van der Waals surface area contributed by atoms with Crippen molar-refractivity contribution in [3.05, 3.63) is 77.7 Å². The molecule has 0 saturated heterocycles. The first-order chi connectivity index (χ1) is 11.7. The normalized spacial score (nSPS) is 10.5. The third kappa shape index (κ3) is 4.07. The average molecular weight is 324 g/mol. The molecule has 122 valence electrons. The molecule has 0 atom stereocenters. The minimum atomic E-state index is -0.278. The van der Waals surface area contributed by atoms with Crippen molar-refractivity contribution >= 4 is 5.91 Å². The van der Waals surface area contributed by atoms with Gasteiger partial charge in [0.15, 0.2) is 11.5 Å². The van der Waals surface area contributed by atoms with Crippen molar-refractivity contribution in [2.75, 3.05) is 6.54 Å². The second-order valence-electron chi connectivity index (χ2n) is 5.43. The van der Waals surface area contributed by atoms with Gasteiger partial charge in [0.2, 0.25) is 0 Å². The highest BCUT2D eigenvalue weighted by Gasteiger charge is 2.12. The number of carbonyl (C=O) groups is 1. The van der Waals surface area contributed by atoms with Gasteiger partial charge in [0.25, 0.3) is 5.91 Å². The maximum absolute atomic E-state index is 13.1. The lowest BCUT2D eigenvalue weighted by Crippen LogP contribution is -2.25. The molecule has 0 spiro atoms. The second kappa shape index (κ2) is 7.55. The van der Waals surface area contributed by atoms with Gasteiger partial charge in [-0.15, -0.1) is 0 Å². The molecule has 2 aromatic carbocycles. The van der Waals surface area contributed by atoms with Gasteiger partial charge in [0.1, 0.15) is 5.82 Å². The smallest absolute Gasteiger partial charge is 0.273 e. The number of hydrogen-bond acceptors (Lipinski definition) is 3. The zero-order chi connectivity index (χ0) is 16.8. The quantitative estimate of drug-likeness (QED) is 0.701. The largest absolute Gasteiger partial charge is 0.355 e. The molecule has 0 saturated carbocycles. The molecule has 3 rings (SSSR count). The number of aryl methyl sites for hydroxylation is 1. The van der Waals surface area contributed by atoms with Gasteiger partial charge < -0.3 is 9.84 Å². The Balaban J connectivity index is 1.50. The molecule has 0 fully saturated rings. The molecule has 0 aliphatic carbocycles. The summed E-state index contributed by atoms with van der Waals surface area (Å²) in [6.45, 7) is 0.489. The van der Waals surface area contributed by atoms with E-state index in [0.717, 1.165) is 17.5 Å². The number of benzene rings is 2. The third-order valence-electron chi connectivity index (χ3n) is 3.62. The van der Waals surface area contributed by atoms with Crippen molar-refractivity contribution in [2.45, 2.75) is 12.8 Å². The Morgan fingerprint density at radius 2 is 1.92 bits per heavy atom. The van der Waals surface area contributed by atoms with Crippen molar-refractivity contribution < 1.29 is 13.7 Å². The fraction of sp³-hybridized carbons (Fsp3) is 0.158. The van der Waals surface area contributed by atoms with Gasteiger partial charge in [0, 0.05) is 18.2 Å². The third-order valence-corrected chi connectivity index (χ3v) is 3.62. The Morgan fingerprint density at radius 1 is 1.08 bits per heavy atom. The van der Waals surface area contributed by atoms with Gasteiger partial charge >= 0.3 is 0 Å². The van der Waals surface area contributed by atoms with Gasteiger partial charge in [0.05, 0.1) is 0 Å². The Morgan fingerprint density at radius 3 is 2.71 bits per heavy atom. The van der Waals surface area contributed by atoms with E-state index in [1.165, 1.54) is 12.1 Å². The van der Waals surface area contributed by atoms with E-state index in [9.17, 15) is 9.18 Å². The highest BCUT2D eigenvalue weighted by Crippen LogP contribution is 2.19. The summed E-state index contributed by atoms with van der Waals surface area (Å²) < 4.78 is 18.3. The van der Waals surface area contributed by atoms with E-state index in [2.05, 4.69) is 10.5 Å². The summed E-state index contributed by atoms with van der Waals surface area (Å²) >= 11 is 0. The first kappa shape index (κ1) is 15.9. The van der Waals surface area contributed by atoms with Crippen LogP contribution in [0.25, 0.3) is 11.3 Å². The molecule has 0 bridgehead atoms. The molecule has 1 heterocycles. The predicted octanol–water partition coefficient (Wildman–Crippen LogP) is 3.84. The summed E-state index contributed by atoms with van der Waals surface area (Å²) in [6.07, 6.45) is 1.42. The Kier molecular flexibility index (Phi) is 5.01. The average Bonchev–Trinajstić information content (AvgIpc) is 3.10. The first-order valence-corrected chi connectivity index (χ1v) is 7.77. The molecular weight excluding hydrogens is 307 g/mol. The zero-order valence-corrected chi connectivity index (χ0v) is 13.0. The monoisotopic (exact) mass is 324 g/mol. The van der Waals surface area contributed by atoms with Gasteiger partial charge in [-0.05, 0) is 30.5 Å². The molecule has 1 amide bonds. The molecular formula is C19H17FN2O2. The lowest BCUT2D eigenvalue weighted by Gasteiger charge is -2.03. The van der Waals surface area contributed by atoms with Crippen molar-refractivity contribution in [3.63, 3.8) is 0 Å². The van der Waals surface area contributed by atoms with Gasteiger partial charge in [-0.25, -0.2) is 4.39 Å². The Labute approximate surface area is 139 Å². The van der Waals surface area contributed by atoms with Crippen LogP contribution in [0.2, 0.25) is 0 Å². The number of nitrogens with zero attached hydrogens (tertiary/aromatic N) is 1. The lowest BCUT2D eigenvalue weighted by atomic mass is 10.1. The van der Waals surface area contributed by atoms with E-state index in [0.29, 0.717) is 18.7 Å². The molecule has 5 heteroatoms. The topological polar surface area (TPSA) is 55.1 Å². The molecule has 3 aromatic rings. The van der Waals surface area contributed by atoms with Crippen LogP contribution in [0.5, 0.6) is 0 Å². The highest BCUT2D eigenvalue weighted by molar-refractivity contribution is 5.93. The van der Waals surface area contributed by atoms with Crippen LogP contribution in [0.4, 0.5) is 4.39 Å². The van der Waals surface area contributed by atoms with Crippen molar-refractivity contribution in [1.29, 1.82) is 0 Å². The molecule has 0 unspecified atom stereocenters. The Bertz CT molecular complexity index is 815. The van der Waals surface area contributed by atoms with Gasteiger partial charge in [-0.2, -0.15) is 0 Å². The highest BCUT2D eigenvalue weighted by atomic mass is 19.1. The molecule has 4 nitrogen and oxygen atoms in total. The standard InChI is InChI=1S/C19H17FN2O2/c20-16-10-4-6-14(12-16)7-5-11-21-19(23)17-13-18(24-22-17)15-8-2-1-3-9-15/h1-4,6,8-10,12-13H,5,7,11H2,(H,21,23). The van der Waals surface area contributed by atoms with Crippen molar-refractivity contribution in [3.8, 4) is 11.3 Å². The zero-order valence-electron chi connectivity index (χ0n) is 13.0. The van der Waals surface area contributed by atoms with Crippen LogP contribution in [0.3, 0.4) is 0 Å². The van der Waals surface area contributed by atoms with Crippen LogP contribution in [0.1, 0.15) is 22.5 Å². The van der Waals surface area contributed by atoms with Crippen LogP contribution in [-0.4, -0.2) is 17.6 Å². The molecule has 1 N–H and O–H groups in total. The summed E-state index contributed by atoms with van der Waals surface area (Å²) in [4.78, 5) is 12.1. The number of rotatable bonds is 6. The van der Waals surface area contributed by atoms with Crippen LogP contribution in [0.15, 0.2) is 65.2 Å². The number of nitrogens with one attached hydrogen (secondary N) is 1. The fourth-order valence-electron chi connectivity index (χ4n) is 2.40. The molecule has 24 heavy (non-hydrogen) atoms. The summed E-state index contributed by atoms with van der Waals surface area (Å²) in [5.74, 6) is 0.0354. The molecule has 0 radical (unpaired) electrons. The Hall–Kier alpha value is -2.95. The second-order valence-corrected chi connectivity index (χ2v) is 5.43. The minimum Gasteiger partial charge on any atom is -0.355 e. The summed E-state index contributed by atoms with van der Waals surface area (Å²) in [7, 11) is 0. The molecule has 1 aromatic heterocycles. The van der Waals surface area contributed by atoms with Gasteiger partial charge in [-0.1, -0.05) is 47.6 Å². The number of aromatic nitrogens is 1. The van der Waals surface area contributed by atoms with Crippen LogP contribution in [0, 0.1) is 5.82 Å². The summed E-state index contributed by atoms with van der Waals surface area (Å²) in [5.41, 5.74) is 2.03.